The predicted octanol–water partition coefficient (Wildman–Crippen LogP) is 3.72. The van der Waals surface area contributed by atoms with Crippen LogP contribution >= 0.6 is 0 Å². The van der Waals surface area contributed by atoms with Crippen LogP contribution in [0, 0.1) is 0 Å². The highest BCUT2D eigenvalue weighted by Gasteiger charge is 2.08. The van der Waals surface area contributed by atoms with Gasteiger partial charge in [0.15, 0.2) is 0 Å². The zero-order valence-corrected chi connectivity index (χ0v) is 16.0. The lowest BCUT2D eigenvalue weighted by molar-refractivity contribution is 0.0949. The van der Waals surface area contributed by atoms with E-state index in [1.54, 1.807) is 19.4 Å². The first kappa shape index (κ1) is 19.4. The van der Waals surface area contributed by atoms with Crippen molar-refractivity contribution < 1.29 is 9.53 Å². The van der Waals surface area contributed by atoms with Gasteiger partial charge in [0.25, 0.3) is 5.91 Å². The number of nitrogens with one attached hydrogen (secondary N) is 2. The number of nitrogens with zero attached hydrogens (tertiary/aromatic N) is 1. The van der Waals surface area contributed by atoms with Gasteiger partial charge in [0.1, 0.15) is 11.4 Å². The molecule has 0 bridgehead atoms. The molecule has 5 heteroatoms. The van der Waals surface area contributed by atoms with E-state index in [0.717, 1.165) is 36.4 Å². The van der Waals surface area contributed by atoms with E-state index in [1.807, 2.05) is 42.5 Å². The first-order chi connectivity index (χ1) is 13.8. The molecule has 0 saturated heterocycles. The largest absolute Gasteiger partial charge is 0.496 e. The third-order valence-corrected chi connectivity index (χ3v) is 4.45. The highest BCUT2D eigenvalue weighted by Crippen LogP contribution is 2.18. The van der Waals surface area contributed by atoms with Gasteiger partial charge >= 0.3 is 0 Å². The lowest BCUT2D eigenvalue weighted by Gasteiger charge is -2.10. The number of para-hydroxylation sites is 1. The Kier molecular flexibility index (Phi) is 7.01. The topological polar surface area (TPSA) is 63.2 Å². The van der Waals surface area contributed by atoms with Gasteiger partial charge in [-0.05, 0) is 42.2 Å². The lowest BCUT2D eigenvalue weighted by atomic mass is 10.1. The number of benzene rings is 2. The summed E-state index contributed by atoms with van der Waals surface area (Å²) in [4.78, 5) is 16.5. The van der Waals surface area contributed by atoms with Crippen LogP contribution in [-0.2, 0) is 12.8 Å². The fourth-order valence-electron chi connectivity index (χ4n) is 2.97. The molecular formula is C23H25N3O2. The van der Waals surface area contributed by atoms with E-state index in [0.29, 0.717) is 12.2 Å². The minimum Gasteiger partial charge on any atom is -0.496 e. The molecule has 0 radical (unpaired) electrons. The highest BCUT2D eigenvalue weighted by molar-refractivity contribution is 5.93. The summed E-state index contributed by atoms with van der Waals surface area (Å²) in [6.45, 7) is 1.31. The summed E-state index contributed by atoms with van der Waals surface area (Å²) in [6, 6.07) is 21.7. The summed E-state index contributed by atoms with van der Waals surface area (Å²) >= 11 is 0. The summed E-state index contributed by atoms with van der Waals surface area (Å²) in [5, 5.41) is 6.27. The minimum atomic E-state index is -0.163. The van der Waals surface area contributed by atoms with Crippen molar-refractivity contribution in [2.75, 3.05) is 25.5 Å². The average molecular weight is 375 g/mol. The van der Waals surface area contributed by atoms with Crippen LogP contribution in [0.15, 0.2) is 72.9 Å². The van der Waals surface area contributed by atoms with E-state index in [-0.39, 0.29) is 5.91 Å². The molecule has 144 valence electrons. The minimum absolute atomic E-state index is 0.163. The highest BCUT2D eigenvalue weighted by atomic mass is 16.5. The van der Waals surface area contributed by atoms with Crippen molar-refractivity contribution in [2.24, 2.45) is 0 Å². The van der Waals surface area contributed by atoms with Gasteiger partial charge in [0.05, 0.1) is 7.11 Å². The van der Waals surface area contributed by atoms with Crippen molar-refractivity contribution in [3.63, 3.8) is 0 Å². The number of hydrogen-bond donors (Lipinski definition) is 2. The summed E-state index contributed by atoms with van der Waals surface area (Å²) < 4.78 is 5.38. The molecule has 0 aliphatic carbocycles. The maximum absolute atomic E-state index is 12.3. The van der Waals surface area contributed by atoms with Gasteiger partial charge in [0, 0.05) is 25.0 Å². The van der Waals surface area contributed by atoms with Gasteiger partial charge in [0.2, 0.25) is 0 Å². The van der Waals surface area contributed by atoms with E-state index in [2.05, 4.69) is 33.8 Å². The molecule has 5 nitrogen and oxygen atoms in total. The molecule has 0 aliphatic heterocycles. The monoisotopic (exact) mass is 375 g/mol. The Morgan fingerprint density at radius 1 is 0.964 bits per heavy atom. The van der Waals surface area contributed by atoms with E-state index < -0.39 is 0 Å². The van der Waals surface area contributed by atoms with Gasteiger partial charge in [-0.2, -0.15) is 0 Å². The fourth-order valence-corrected chi connectivity index (χ4v) is 2.97. The molecule has 3 rings (SSSR count). The molecule has 1 amide bonds. The first-order valence-electron chi connectivity index (χ1n) is 9.40. The smallest absolute Gasteiger partial charge is 0.269 e. The van der Waals surface area contributed by atoms with Crippen LogP contribution in [0.3, 0.4) is 0 Å². The second kappa shape index (κ2) is 10.1. The Balaban J connectivity index is 1.49. The second-order valence-electron chi connectivity index (χ2n) is 6.41. The van der Waals surface area contributed by atoms with Gasteiger partial charge < -0.3 is 15.4 Å². The molecule has 1 heterocycles. The number of aromatic nitrogens is 1. The van der Waals surface area contributed by atoms with E-state index in [1.165, 1.54) is 5.56 Å². The molecule has 28 heavy (non-hydrogen) atoms. The van der Waals surface area contributed by atoms with Crippen molar-refractivity contribution in [1.29, 1.82) is 0 Å². The summed E-state index contributed by atoms with van der Waals surface area (Å²) in [7, 11) is 1.68. The number of carbonyl (C=O) groups is 1. The van der Waals surface area contributed by atoms with Crippen LogP contribution in [0.2, 0.25) is 0 Å². The van der Waals surface area contributed by atoms with Crippen molar-refractivity contribution in [1.82, 2.24) is 10.3 Å². The zero-order chi connectivity index (χ0) is 19.6. The van der Waals surface area contributed by atoms with Crippen molar-refractivity contribution in [3.05, 3.63) is 89.7 Å². The van der Waals surface area contributed by atoms with Crippen LogP contribution in [-0.4, -0.2) is 31.1 Å². The number of amides is 1. The van der Waals surface area contributed by atoms with Crippen LogP contribution in [0.25, 0.3) is 0 Å². The molecule has 1 aromatic heterocycles. The van der Waals surface area contributed by atoms with E-state index in [4.69, 9.17) is 4.74 Å². The maximum atomic E-state index is 12.3. The quantitative estimate of drug-likeness (QED) is 0.598. The fraction of sp³-hybridized carbons (Fsp3) is 0.217. The molecule has 0 spiro atoms. The van der Waals surface area contributed by atoms with Gasteiger partial charge in [-0.3, -0.25) is 9.78 Å². The van der Waals surface area contributed by atoms with Crippen LogP contribution in [0.4, 0.5) is 5.69 Å². The van der Waals surface area contributed by atoms with Crippen molar-refractivity contribution >= 4 is 11.6 Å². The number of hydrogen-bond acceptors (Lipinski definition) is 4. The Labute approximate surface area is 165 Å². The third kappa shape index (κ3) is 5.58. The molecule has 0 aliphatic rings. The summed E-state index contributed by atoms with van der Waals surface area (Å²) in [5.41, 5.74) is 3.63. The predicted molar refractivity (Wildman–Crippen MR) is 112 cm³/mol. The third-order valence-electron chi connectivity index (χ3n) is 4.45. The molecular weight excluding hydrogens is 350 g/mol. The summed E-state index contributed by atoms with van der Waals surface area (Å²) in [5.74, 6) is 0.724. The molecule has 0 unspecified atom stereocenters. The van der Waals surface area contributed by atoms with Crippen molar-refractivity contribution in [2.45, 2.75) is 12.8 Å². The number of pyridine rings is 1. The van der Waals surface area contributed by atoms with Crippen LogP contribution in [0.5, 0.6) is 5.75 Å². The second-order valence-corrected chi connectivity index (χ2v) is 6.41. The molecule has 0 fully saturated rings. The Morgan fingerprint density at radius 2 is 1.75 bits per heavy atom. The first-order valence-corrected chi connectivity index (χ1v) is 9.40. The Morgan fingerprint density at radius 3 is 2.57 bits per heavy atom. The molecule has 2 N–H and O–H groups in total. The van der Waals surface area contributed by atoms with Crippen LogP contribution < -0.4 is 15.4 Å². The number of anilines is 1. The number of rotatable bonds is 9. The molecule has 0 saturated carbocycles. The van der Waals surface area contributed by atoms with Crippen LogP contribution in [0.1, 0.15) is 21.6 Å². The number of methoxy groups -OCH3 is 1. The average Bonchev–Trinajstić information content (AvgIpc) is 2.75. The van der Waals surface area contributed by atoms with Gasteiger partial charge in [-0.15, -0.1) is 0 Å². The Bertz CT molecular complexity index is 897. The number of ether oxygens (including phenoxy) is 1. The number of carbonyl (C=O) groups excluding carboxylic acids is 1. The normalized spacial score (nSPS) is 10.3. The summed E-state index contributed by atoms with van der Waals surface area (Å²) in [6.07, 6.45) is 3.27. The SMILES string of the molecule is COc1ccccc1CCNc1ccnc(C(=O)NCCc2ccccc2)c1. The standard InChI is InChI=1S/C23H25N3O2/c1-28-22-10-6-5-9-19(22)12-15-24-20-13-16-25-21(17-20)23(27)26-14-11-18-7-3-2-4-8-18/h2-10,13,16-17H,11-12,14-15H2,1H3,(H,24,25)(H,26,27). The van der Waals surface area contributed by atoms with Gasteiger partial charge in [-0.1, -0.05) is 48.5 Å². The maximum Gasteiger partial charge on any atom is 0.269 e. The molecule has 3 aromatic rings. The van der Waals surface area contributed by atoms with E-state index in [9.17, 15) is 4.79 Å². The van der Waals surface area contributed by atoms with Gasteiger partial charge in [-0.25, -0.2) is 0 Å². The molecule has 2 aromatic carbocycles. The lowest BCUT2D eigenvalue weighted by Crippen LogP contribution is -2.26. The Hall–Kier alpha value is -3.34. The van der Waals surface area contributed by atoms with Crippen molar-refractivity contribution in [3.8, 4) is 5.75 Å². The van der Waals surface area contributed by atoms with E-state index >= 15 is 0 Å². The molecule has 0 atom stereocenters. The zero-order valence-electron chi connectivity index (χ0n) is 16.0.